The SMILES string of the molecule is CCc1ccc2c(c1)Nc1ccc(C(C)C)cc1C(=O)N2. The summed E-state index contributed by atoms with van der Waals surface area (Å²) in [5.41, 5.74) is 5.78. The van der Waals surface area contributed by atoms with Crippen LogP contribution in [0.15, 0.2) is 36.4 Å². The molecule has 0 saturated heterocycles. The smallest absolute Gasteiger partial charge is 0.257 e. The third-order valence-electron chi connectivity index (χ3n) is 3.96. The van der Waals surface area contributed by atoms with E-state index in [1.54, 1.807) is 0 Å². The van der Waals surface area contributed by atoms with Crippen molar-refractivity contribution < 1.29 is 4.79 Å². The molecule has 3 heteroatoms. The zero-order valence-electron chi connectivity index (χ0n) is 12.7. The Balaban J connectivity index is 2.08. The van der Waals surface area contributed by atoms with Crippen molar-refractivity contribution in [3.8, 4) is 0 Å². The molecule has 0 atom stereocenters. The third-order valence-corrected chi connectivity index (χ3v) is 3.96. The van der Waals surface area contributed by atoms with Gasteiger partial charge in [-0.15, -0.1) is 0 Å². The number of amides is 1. The van der Waals surface area contributed by atoms with Crippen LogP contribution in [0.2, 0.25) is 0 Å². The molecule has 0 spiro atoms. The lowest BCUT2D eigenvalue weighted by Gasteiger charge is -2.12. The number of hydrogen-bond acceptors (Lipinski definition) is 2. The molecule has 21 heavy (non-hydrogen) atoms. The van der Waals surface area contributed by atoms with Gasteiger partial charge in [0.15, 0.2) is 0 Å². The molecule has 0 aromatic heterocycles. The van der Waals surface area contributed by atoms with Crippen LogP contribution in [0.4, 0.5) is 17.1 Å². The number of carbonyl (C=O) groups is 1. The van der Waals surface area contributed by atoms with Crippen molar-refractivity contribution in [3.05, 3.63) is 53.1 Å². The van der Waals surface area contributed by atoms with Gasteiger partial charge in [-0.2, -0.15) is 0 Å². The van der Waals surface area contributed by atoms with Gasteiger partial charge in [0.1, 0.15) is 0 Å². The highest BCUT2D eigenvalue weighted by Crippen LogP contribution is 2.34. The molecule has 0 saturated carbocycles. The van der Waals surface area contributed by atoms with Gasteiger partial charge in [0, 0.05) is 0 Å². The van der Waals surface area contributed by atoms with Gasteiger partial charge in [0.05, 0.1) is 22.6 Å². The molecule has 2 aromatic rings. The summed E-state index contributed by atoms with van der Waals surface area (Å²) in [5.74, 6) is 0.350. The van der Waals surface area contributed by atoms with Gasteiger partial charge < -0.3 is 10.6 Å². The second-order valence-electron chi connectivity index (χ2n) is 5.77. The summed E-state index contributed by atoms with van der Waals surface area (Å²) in [6.07, 6.45) is 0.974. The molecule has 0 unspecified atom stereocenters. The van der Waals surface area contributed by atoms with E-state index in [1.807, 2.05) is 18.2 Å². The minimum atomic E-state index is -0.0528. The maximum atomic E-state index is 12.4. The average molecular weight is 280 g/mol. The molecule has 2 aromatic carbocycles. The number of carbonyl (C=O) groups excluding carboxylic acids is 1. The van der Waals surface area contributed by atoms with Gasteiger partial charge in [-0.25, -0.2) is 0 Å². The number of anilines is 3. The Morgan fingerprint density at radius 2 is 1.71 bits per heavy atom. The van der Waals surface area contributed by atoms with E-state index < -0.39 is 0 Å². The Hall–Kier alpha value is -2.29. The Kier molecular flexibility index (Phi) is 3.42. The number of benzene rings is 2. The molecule has 3 rings (SSSR count). The lowest BCUT2D eigenvalue weighted by atomic mass is 9.99. The molecular weight excluding hydrogens is 260 g/mol. The quantitative estimate of drug-likeness (QED) is 0.838. The van der Waals surface area contributed by atoms with E-state index in [-0.39, 0.29) is 5.91 Å². The minimum absolute atomic E-state index is 0.0528. The second kappa shape index (κ2) is 5.24. The fourth-order valence-electron chi connectivity index (χ4n) is 2.58. The highest BCUT2D eigenvalue weighted by Gasteiger charge is 2.19. The summed E-state index contributed by atoms with van der Waals surface area (Å²) in [4.78, 5) is 12.4. The van der Waals surface area contributed by atoms with Crippen LogP contribution in [0.1, 0.15) is 48.2 Å². The van der Waals surface area contributed by atoms with E-state index in [2.05, 4.69) is 49.6 Å². The molecule has 0 fully saturated rings. The molecule has 108 valence electrons. The van der Waals surface area contributed by atoms with Crippen molar-refractivity contribution in [2.24, 2.45) is 0 Å². The lowest BCUT2D eigenvalue weighted by Crippen LogP contribution is -2.11. The Labute approximate surface area is 125 Å². The van der Waals surface area contributed by atoms with Crippen LogP contribution >= 0.6 is 0 Å². The highest BCUT2D eigenvalue weighted by molar-refractivity contribution is 6.12. The van der Waals surface area contributed by atoms with Crippen LogP contribution in [0.3, 0.4) is 0 Å². The number of nitrogens with one attached hydrogen (secondary N) is 2. The highest BCUT2D eigenvalue weighted by atomic mass is 16.1. The number of fused-ring (bicyclic) bond motifs is 2. The molecular formula is C18H20N2O. The molecule has 3 nitrogen and oxygen atoms in total. The van der Waals surface area contributed by atoms with Gasteiger partial charge in [-0.3, -0.25) is 4.79 Å². The normalized spacial score (nSPS) is 13.0. The summed E-state index contributed by atoms with van der Waals surface area (Å²) < 4.78 is 0. The molecule has 0 radical (unpaired) electrons. The molecule has 1 heterocycles. The zero-order valence-corrected chi connectivity index (χ0v) is 12.7. The van der Waals surface area contributed by atoms with Crippen molar-refractivity contribution in [1.82, 2.24) is 0 Å². The van der Waals surface area contributed by atoms with Gasteiger partial charge in [-0.1, -0.05) is 32.9 Å². The summed E-state index contributed by atoms with van der Waals surface area (Å²) in [6, 6.07) is 12.2. The van der Waals surface area contributed by atoms with Crippen molar-refractivity contribution >= 4 is 23.0 Å². The van der Waals surface area contributed by atoms with Gasteiger partial charge >= 0.3 is 0 Å². The Morgan fingerprint density at radius 3 is 2.43 bits per heavy atom. The summed E-state index contributed by atoms with van der Waals surface area (Å²) in [6.45, 7) is 6.39. The molecule has 0 aliphatic carbocycles. The van der Waals surface area contributed by atoms with Crippen LogP contribution in [-0.2, 0) is 6.42 Å². The monoisotopic (exact) mass is 280 g/mol. The number of hydrogen-bond donors (Lipinski definition) is 2. The second-order valence-corrected chi connectivity index (χ2v) is 5.77. The predicted octanol–water partition coefficient (Wildman–Crippen LogP) is 4.68. The van der Waals surface area contributed by atoms with Crippen LogP contribution in [-0.4, -0.2) is 5.91 Å². The van der Waals surface area contributed by atoms with E-state index in [0.717, 1.165) is 23.5 Å². The number of rotatable bonds is 2. The minimum Gasteiger partial charge on any atom is -0.353 e. The van der Waals surface area contributed by atoms with Gasteiger partial charge in [-0.05, 0) is 47.7 Å². The summed E-state index contributed by atoms with van der Waals surface area (Å²) in [5, 5.41) is 6.39. The first-order valence-electron chi connectivity index (χ1n) is 7.43. The van der Waals surface area contributed by atoms with Crippen LogP contribution in [0, 0.1) is 0 Å². The third kappa shape index (κ3) is 2.51. The molecule has 0 bridgehead atoms. The van der Waals surface area contributed by atoms with E-state index in [9.17, 15) is 4.79 Å². The first-order valence-corrected chi connectivity index (χ1v) is 7.43. The lowest BCUT2D eigenvalue weighted by molar-refractivity contribution is 0.102. The van der Waals surface area contributed by atoms with Crippen molar-refractivity contribution in [3.63, 3.8) is 0 Å². The van der Waals surface area contributed by atoms with E-state index in [4.69, 9.17) is 0 Å². The average Bonchev–Trinajstić information content (AvgIpc) is 2.62. The topological polar surface area (TPSA) is 41.1 Å². The predicted molar refractivity (Wildman–Crippen MR) is 87.6 cm³/mol. The molecule has 1 aliphatic rings. The fraction of sp³-hybridized carbons (Fsp3) is 0.278. The zero-order chi connectivity index (χ0) is 15.0. The summed E-state index contributed by atoms with van der Waals surface area (Å²) in [7, 11) is 0. The molecule has 1 amide bonds. The standard InChI is InChI=1S/C18H20N2O/c1-4-12-5-7-16-17(9-12)19-15-8-6-13(11(2)3)10-14(15)18(21)20-16/h5-11,19H,4H2,1-3H3,(H,20,21). The maximum Gasteiger partial charge on any atom is 0.257 e. The van der Waals surface area contributed by atoms with E-state index in [0.29, 0.717) is 11.5 Å². The first kappa shape index (κ1) is 13.7. The van der Waals surface area contributed by atoms with E-state index in [1.165, 1.54) is 11.1 Å². The maximum absolute atomic E-state index is 12.4. The Bertz CT molecular complexity index is 704. The fourth-order valence-corrected chi connectivity index (χ4v) is 2.58. The van der Waals surface area contributed by atoms with Gasteiger partial charge in [0.25, 0.3) is 5.91 Å². The first-order chi connectivity index (χ1) is 10.1. The van der Waals surface area contributed by atoms with Crippen molar-refractivity contribution in [2.45, 2.75) is 33.1 Å². The van der Waals surface area contributed by atoms with Crippen LogP contribution < -0.4 is 10.6 Å². The largest absolute Gasteiger partial charge is 0.353 e. The van der Waals surface area contributed by atoms with E-state index >= 15 is 0 Å². The van der Waals surface area contributed by atoms with Gasteiger partial charge in [0.2, 0.25) is 0 Å². The van der Waals surface area contributed by atoms with Crippen molar-refractivity contribution in [1.29, 1.82) is 0 Å². The summed E-state index contributed by atoms with van der Waals surface area (Å²) >= 11 is 0. The Morgan fingerprint density at radius 1 is 0.952 bits per heavy atom. The van der Waals surface area contributed by atoms with Crippen molar-refractivity contribution in [2.75, 3.05) is 10.6 Å². The molecule has 1 aliphatic heterocycles. The van der Waals surface area contributed by atoms with Crippen LogP contribution in [0.25, 0.3) is 0 Å². The van der Waals surface area contributed by atoms with Crippen LogP contribution in [0.5, 0.6) is 0 Å². The molecule has 2 N–H and O–H groups in total. The number of aryl methyl sites for hydroxylation is 1.